The Hall–Kier alpha value is -1.02. The van der Waals surface area contributed by atoms with E-state index in [1.807, 2.05) is 31.2 Å². The number of amidine groups is 1. The van der Waals surface area contributed by atoms with E-state index < -0.39 is 0 Å². The average molecular weight is 183 g/mol. The average Bonchev–Trinajstić information content (AvgIpc) is 2.09. The number of para-hydroxylation sites is 1. The van der Waals surface area contributed by atoms with Crippen LogP contribution in [-0.4, -0.2) is 11.7 Å². The molecule has 0 spiro atoms. The van der Waals surface area contributed by atoms with Crippen LogP contribution < -0.4 is 5.73 Å². The van der Waals surface area contributed by atoms with Crippen molar-refractivity contribution in [1.29, 1.82) is 0 Å². The standard InChI is InChI=1S/C9H11ClN2/c1-7-4-2-3-5-8(7)12-9(11)6-10/h2-5H,6H2,1H3,(H2,11,12). The van der Waals surface area contributed by atoms with E-state index >= 15 is 0 Å². The summed E-state index contributed by atoms with van der Waals surface area (Å²) in [5.41, 5.74) is 7.48. The van der Waals surface area contributed by atoms with Gasteiger partial charge in [-0.15, -0.1) is 11.6 Å². The van der Waals surface area contributed by atoms with E-state index in [9.17, 15) is 0 Å². The summed E-state index contributed by atoms with van der Waals surface area (Å²) in [7, 11) is 0. The number of hydrogen-bond donors (Lipinski definition) is 1. The van der Waals surface area contributed by atoms with Gasteiger partial charge in [0, 0.05) is 0 Å². The molecule has 64 valence electrons. The van der Waals surface area contributed by atoms with Gasteiger partial charge in [-0.2, -0.15) is 0 Å². The van der Waals surface area contributed by atoms with Crippen LogP contribution in [0.2, 0.25) is 0 Å². The SMILES string of the molecule is Cc1ccccc1N=C(N)CCl. The summed E-state index contributed by atoms with van der Waals surface area (Å²) in [6, 6.07) is 7.79. The fourth-order valence-electron chi connectivity index (χ4n) is 0.873. The highest BCUT2D eigenvalue weighted by molar-refractivity contribution is 6.28. The first kappa shape index (κ1) is 9.07. The molecule has 1 aromatic carbocycles. The van der Waals surface area contributed by atoms with Crippen molar-refractivity contribution in [2.45, 2.75) is 6.92 Å². The molecule has 2 N–H and O–H groups in total. The molecule has 0 bridgehead atoms. The van der Waals surface area contributed by atoms with Gasteiger partial charge in [0.25, 0.3) is 0 Å². The van der Waals surface area contributed by atoms with Crippen LogP contribution in [0, 0.1) is 6.92 Å². The number of aryl methyl sites for hydroxylation is 1. The minimum atomic E-state index is 0.272. The Balaban J connectivity index is 2.96. The van der Waals surface area contributed by atoms with Gasteiger partial charge in [0.05, 0.1) is 11.6 Å². The van der Waals surface area contributed by atoms with E-state index in [1.165, 1.54) is 0 Å². The van der Waals surface area contributed by atoms with Crippen molar-refractivity contribution in [2.75, 3.05) is 5.88 Å². The predicted octanol–water partition coefficient (Wildman–Crippen LogP) is 2.22. The first-order valence-electron chi connectivity index (χ1n) is 3.68. The Labute approximate surface area is 77.1 Å². The topological polar surface area (TPSA) is 38.4 Å². The van der Waals surface area contributed by atoms with Gasteiger partial charge in [-0.05, 0) is 18.6 Å². The molecule has 0 heterocycles. The second-order valence-corrected chi connectivity index (χ2v) is 2.79. The molecule has 0 fully saturated rings. The van der Waals surface area contributed by atoms with Crippen LogP contribution in [0.5, 0.6) is 0 Å². The molecule has 0 radical (unpaired) electrons. The minimum absolute atomic E-state index is 0.272. The number of nitrogens with zero attached hydrogens (tertiary/aromatic N) is 1. The maximum Gasteiger partial charge on any atom is 0.115 e. The minimum Gasteiger partial charge on any atom is -0.386 e. The third-order valence-electron chi connectivity index (χ3n) is 1.52. The van der Waals surface area contributed by atoms with E-state index in [2.05, 4.69) is 4.99 Å². The summed E-state index contributed by atoms with van der Waals surface area (Å²) in [5.74, 6) is 0.722. The Kier molecular flexibility index (Phi) is 3.11. The largest absolute Gasteiger partial charge is 0.386 e. The van der Waals surface area contributed by atoms with Crippen molar-refractivity contribution < 1.29 is 0 Å². The maximum absolute atomic E-state index is 5.50. The van der Waals surface area contributed by atoms with E-state index in [0.29, 0.717) is 5.84 Å². The molecule has 1 aromatic rings. The van der Waals surface area contributed by atoms with Crippen molar-refractivity contribution in [3.8, 4) is 0 Å². The summed E-state index contributed by atoms with van der Waals surface area (Å²) in [4.78, 5) is 4.14. The Morgan fingerprint density at radius 3 is 2.75 bits per heavy atom. The van der Waals surface area contributed by atoms with Gasteiger partial charge in [-0.25, -0.2) is 4.99 Å². The molecular formula is C9H11ClN2. The Morgan fingerprint density at radius 2 is 2.17 bits per heavy atom. The number of benzene rings is 1. The van der Waals surface area contributed by atoms with Crippen molar-refractivity contribution in [3.63, 3.8) is 0 Å². The van der Waals surface area contributed by atoms with E-state index in [-0.39, 0.29) is 5.88 Å². The van der Waals surface area contributed by atoms with Crippen molar-refractivity contribution >= 4 is 23.1 Å². The lowest BCUT2D eigenvalue weighted by Gasteiger charge is -1.99. The quantitative estimate of drug-likeness (QED) is 0.425. The van der Waals surface area contributed by atoms with Crippen LogP contribution in [0.25, 0.3) is 0 Å². The van der Waals surface area contributed by atoms with Gasteiger partial charge >= 0.3 is 0 Å². The lowest BCUT2D eigenvalue weighted by Crippen LogP contribution is -2.12. The number of halogens is 1. The fourth-order valence-corrected chi connectivity index (χ4v) is 0.933. The van der Waals surface area contributed by atoms with Crippen LogP contribution in [-0.2, 0) is 0 Å². The fraction of sp³-hybridized carbons (Fsp3) is 0.222. The van der Waals surface area contributed by atoms with E-state index in [0.717, 1.165) is 11.3 Å². The summed E-state index contributed by atoms with van der Waals surface area (Å²) in [5, 5.41) is 0. The molecule has 12 heavy (non-hydrogen) atoms. The van der Waals surface area contributed by atoms with Crippen LogP contribution in [0.15, 0.2) is 29.3 Å². The highest BCUT2D eigenvalue weighted by Gasteiger charge is 1.94. The highest BCUT2D eigenvalue weighted by Crippen LogP contribution is 2.16. The number of aliphatic imine (C=N–C) groups is 1. The lowest BCUT2D eigenvalue weighted by atomic mass is 10.2. The number of nitrogens with two attached hydrogens (primary N) is 1. The van der Waals surface area contributed by atoms with Gasteiger partial charge in [-0.3, -0.25) is 0 Å². The van der Waals surface area contributed by atoms with Crippen molar-refractivity contribution in [2.24, 2.45) is 10.7 Å². The van der Waals surface area contributed by atoms with Gasteiger partial charge in [0.15, 0.2) is 0 Å². The number of hydrogen-bond acceptors (Lipinski definition) is 1. The molecule has 0 aliphatic heterocycles. The van der Waals surface area contributed by atoms with E-state index in [1.54, 1.807) is 0 Å². The zero-order valence-electron chi connectivity index (χ0n) is 6.92. The first-order valence-corrected chi connectivity index (χ1v) is 4.22. The van der Waals surface area contributed by atoms with Gasteiger partial charge < -0.3 is 5.73 Å². The molecular weight excluding hydrogens is 172 g/mol. The number of rotatable bonds is 2. The predicted molar refractivity (Wildman–Crippen MR) is 53.2 cm³/mol. The molecule has 0 saturated heterocycles. The normalized spacial score (nSPS) is 11.7. The van der Waals surface area contributed by atoms with Crippen LogP contribution in [0.1, 0.15) is 5.56 Å². The molecule has 0 aliphatic carbocycles. The second-order valence-electron chi connectivity index (χ2n) is 2.52. The van der Waals surface area contributed by atoms with Crippen molar-refractivity contribution in [1.82, 2.24) is 0 Å². The molecule has 0 aromatic heterocycles. The lowest BCUT2D eigenvalue weighted by molar-refractivity contribution is 1.37. The van der Waals surface area contributed by atoms with Crippen LogP contribution in [0.3, 0.4) is 0 Å². The van der Waals surface area contributed by atoms with Gasteiger partial charge in [-0.1, -0.05) is 18.2 Å². The van der Waals surface area contributed by atoms with Gasteiger partial charge in [0.2, 0.25) is 0 Å². The molecule has 0 unspecified atom stereocenters. The van der Waals surface area contributed by atoms with Gasteiger partial charge in [0.1, 0.15) is 5.84 Å². The molecule has 0 saturated carbocycles. The zero-order chi connectivity index (χ0) is 8.97. The summed E-state index contributed by atoms with van der Waals surface area (Å²) < 4.78 is 0. The van der Waals surface area contributed by atoms with Crippen molar-refractivity contribution in [3.05, 3.63) is 29.8 Å². The molecule has 3 heteroatoms. The van der Waals surface area contributed by atoms with Crippen LogP contribution in [0.4, 0.5) is 5.69 Å². The highest BCUT2D eigenvalue weighted by atomic mass is 35.5. The number of alkyl halides is 1. The molecule has 0 amide bonds. The maximum atomic E-state index is 5.50. The molecule has 0 aliphatic rings. The Bertz CT molecular complexity index is 294. The molecule has 0 atom stereocenters. The summed E-state index contributed by atoms with van der Waals surface area (Å²) >= 11 is 5.50. The summed E-state index contributed by atoms with van der Waals surface area (Å²) in [6.45, 7) is 1.99. The monoisotopic (exact) mass is 182 g/mol. The van der Waals surface area contributed by atoms with E-state index in [4.69, 9.17) is 17.3 Å². The Morgan fingerprint density at radius 1 is 1.50 bits per heavy atom. The third-order valence-corrected chi connectivity index (χ3v) is 1.79. The smallest absolute Gasteiger partial charge is 0.115 e. The molecule has 1 rings (SSSR count). The van der Waals surface area contributed by atoms with Crippen LogP contribution >= 0.6 is 11.6 Å². The first-order chi connectivity index (χ1) is 5.74. The third kappa shape index (κ3) is 2.24. The summed E-state index contributed by atoms with van der Waals surface area (Å²) in [6.07, 6.45) is 0. The zero-order valence-corrected chi connectivity index (χ0v) is 7.67. The molecule has 2 nitrogen and oxygen atoms in total. The second kappa shape index (κ2) is 4.12.